The highest BCUT2D eigenvalue weighted by Gasteiger charge is 2.18. The number of thiophene rings is 1. The molecule has 0 amide bonds. The maximum Gasteiger partial charge on any atom is 0.143 e. The summed E-state index contributed by atoms with van der Waals surface area (Å²) in [6.45, 7) is 0. The van der Waals surface area contributed by atoms with E-state index in [0.717, 1.165) is 49.5 Å². The van der Waals surface area contributed by atoms with Gasteiger partial charge in [0.05, 0.1) is 34.0 Å². The van der Waals surface area contributed by atoms with Crippen molar-refractivity contribution in [1.29, 1.82) is 0 Å². The number of hydrogen-bond donors (Lipinski definition) is 0. The van der Waals surface area contributed by atoms with E-state index in [-0.39, 0.29) is 0 Å². The van der Waals surface area contributed by atoms with E-state index in [0.29, 0.717) is 0 Å². The van der Waals surface area contributed by atoms with Crippen LogP contribution < -0.4 is 0 Å². The first-order chi connectivity index (χ1) is 29.2. The van der Waals surface area contributed by atoms with Crippen molar-refractivity contribution in [2.45, 2.75) is 0 Å². The fourth-order valence-corrected chi connectivity index (χ4v) is 10.5. The van der Waals surface area contributed by atoms with E-state index in [1.165, 1.54) is 69.9 Å². The highest BCUT2D eigenvalue weighted by atomic mass is 32.1. The van der Waals surface area contributed by atoms with Gasteiger partial charge in [-0.2, -0.15) is 0 Å². The van der Waals surface area contributed by atoms with E-state index < -0.39 is 0 Å². The van der Waals surface area contributed by atoms with Crippen molar-refractivity contribution in [3.8, 4) is 33.8 Å². The third kappa shape index (κ3) is 4.83. The lowest BCUT2D eigenvalue weighted by atomic mass is 10.0. The van der Waals surface area contributed by atoms with E-state index >= 15 is 0 Å². The first-order valence-corrected chi connectivity index (χ1v) is 20.8. The van der Waals surface area contributed by atoms with Gasteiger partial charge < -0.3 is 9.13 Å². The van der Waals surface area contributed by atoms with E-state index in [1.54, 1.807) is 11.3 Å². The van der Waals surface area contributed by atoms with E-state index in [2.05, 4.69) is 197 Å². The monoisotopic (exact) mass is 768 g/mol. The Morgan fingerprint density at radius 1 is 0.390 bits per heavy atom. The predicted molar refractivity (Wildman–Crippen MR) is 249 cm³/mol. The van der Waals surface area contributed by atoms with Crippen molar-refractivity contribution in [3.63, 3.8) is 0 Å². The van der Waals surface area contributed by atoms with Crippen molar-refractivity contribution in [1.82, 2.24) is 19.1 Å². The topological polar surface area (TPSA) is 35.6 Å². The first-order valence-electron chi connectivity index (χ1n) is 20.0. The number of hydrogen-bond acceptors (Lipinski definition) is 3. The van der Waals surface area contributed by atoms with E-state index in [1.807, 2.05) is 6.20 Å². The molecule has 0 aliphatic carbocycles. The van der Waals surface area contributed by atoms with Crippen LogP contribution in [0.15, 0.2) is 194 Å². The molecule has 274 valence electrons. The lowest BCUT2D eigenvalue weighted by Gasteiger charge is -2.11. The molecule has 0 radical (unpaired) electrons. The highest BCUT2D eigenvalue weighted by molar-refractivity contribution is 7.25. The maximum absolute atomic E-state index is 5.24. The molecule has 13 aromatic rings. The molecule has 9 aromatic carbocycles. The lowest BCUT2D eigenvalue weighted by molar-refractivity contribution is 1.18. The molecule has 0 aliphatic heterocycles. The van der Waals surface area contributed by atoms with Crippen molar-refractivity contribution in [3.05, 3.63) is 194 Å². The molecule has 0 aliphatic rings. The van der Waals surface area contributed by atoms with Crippen LogP contribution in [0.25, 0.3) is 119 Å². The van der Waals surface area contributed by atoms with Gasteiger partial charge in [-0.05, 0) is 93.3 Å². The Hall–Kier alpha value is -7.60. The fraction of sp³-hybridized carbons (Fsp3) is 0. The second kappa shape index (κ2) is 12.4. The zero-order valence-electron chi connectivity index (χ0n) is 31.7. The molecular weight excluding hydrogens is 737 g/mol. The minimum Gasteiger partial charge on any atom is -0.309 e. The highest BCUT2D eigenvalue weighted by Crippen LogP contribution is 2.41. The van der Waals surface area contributed by atoms with Crippen LogP contribution in [0.1, 0.15) is 0 Å². The van der Waals surface area contributed by atoms with Gasteiger partial charge in [0.25, 0.3) is 0 Å². The van der Waals surface area contributed by atoms with Crippen LogP contribution in [-0.4, -0.2) is 19.1 Å². The summed E-state index contributed by atoms with van der Waals surface area (Å²) in [5.41, 5.74) is 12.2. The molecule has 4 heterocycles. The van der Waals surface area contributed by atoms with Crippen LogP contribution in [0.4, 0.5) is 0 Å². The Balaban J connectivity index is 0.899. The van der Waals surface area contributed by atoms with Gasteiger partial charge in [0.2, 0.25) is 0 Å². The average molecular weight is 769 g/mol. The summed E-state index contributed by atoms with van der Waals surface area (Å²) in [6, 6.07) is 68.2. The van der Waals surface area contributed by atoms with Gasteiger partial charge in [0, 0.05) is 48.6 Å². The van der Waals surface area contributed by atoms with Gasteiger partial charge in [-0.15, -0.1) is 11.3 Å². The van der Waals surface area contributed by atoms with Gasteiger partial charge in [0.1, 0.15) is 10.3 Å². The standard InChI is InChI=1S/C54H32N4S/c1-3-17-40-33(11-1)23-26-48-51(40)42-19-5-7-21-46(42)57(48)38-15-9-13-35(29-38)36-25-28-50-44(31-36)53-54(59-50)56-45(32-55-53)37-14-10-16-39(30-37)58-47-22-8-6-20-43(47)52-41-18-4-2-12-34(41)24-27-49(52)58/h1-32H. The SMILES string of the molecule is c1cc(-c2ccc3sc4nc(-c5cccc(-n6c7ccccc7c7c8ccccc8ccc76)c5)cnc4c3c2)cc(-n2c3ccccc3c3c4ccccc4ccc32)c1. The minimum atomic E-state index is 0.865. The van der Waals surface area contributed by atoms with Gasteiger partial charge in [-0.1, -0.05) is 127 Å². The normalized spacial score (nSPS) is 12.1. The second-order valence-corrected chi connectivity index (χ2v) is 16.4. The van der Waals surface area contributed by atoms with Crippen LogP contribution in [-0.2, 0) is 0 Å². The smallest absolute Gasteiger partial charge is 0.143 e. The Morgan fingerprint density at radius 3 is 1.58 bits per heavy atom. The summed E-state index contributed by atoms with van der Waals surface area (Å²) in [4.78, 5) is 11.3. The summed E-state index contributed by atoms with van der Waals surface area (Å²) < 4.78 is 5.97. The third-order valence-electron chi connectivity index (χ3n) is 12.1. The summed E-state index contributed by atoms with van der Waals surface area (Å²) >= 11 is 1.70. The molecule has 13 rings (SSSR count). The quantitative estimate of drug-likeness (QED) is 0.179. The molecule has 59 heavy (non-hydrogen) atoms. The number of rotatable bonds is 4. The summed E-state index contributed by atoms with van der Waals surface area (Å²) in [6.07, 6.45) is 1.94. The predicted octanol–water partition coefficient (Wildman–Crippen LogP) is 14.7. The van der Waals surface area contributed by atoms with Crippen LogP contribution >= 0.6 is 11.3 Å². The molecule has 5 heteroatoms. The number of benzene rings is 9. The largest absolute Gasteiger partial charge is 0.309 e. The average Bonchev–Trinajstić information content (AvgIpc) is 3.96. The lowest BCUT2D eigenvalue weighted by Crippen LogP contribution is -1.95. The van der Waals surface area contributed by atoms with Gasteiger partial charge in [-0.3, -0.25) is 4.98 Å². The molecule has 0 atom stereocenters. The van der Waals surface area contributed by atoms with Crippen molar-refractivity contribution >= 4 is 96.9 Å². The molecule has 0 spiro atoms. The van der Waals surface area contributed by atoms with Crippen molar-refractivity contribution in [2.24, 2.45) is 0 Å². The molecule has 0 unspecified atom stereocenters. The van der Waals surface area contributed by atoms with Crippen LogP contribution in [0.5, 0.6) is 0 Å². The van der Waals surface area contributed by atoms with Gasteiger partial charge >= 0.3 is 0 Å². The van der Waals surface area contributed by atoms with Gasteiger partial charge in [0.15, 0.2) is 0 Å². The zero-order chi connectivity index (χ0) is 38.6. The molecule has 0 saturated carbocycles. The van der Waals surface area contributed by atoms with E-state index in [9.17, 15) is 0 Å². The van der Waals surface area contributed by atoms with Crippen molar-refractivity contribution < 1.29 is 0 Å². The number of aromatic nitrogens is 4. The molecular formula is C54H32N4S. The number of fused-ring (bicyclic) bond motifs is 13. The minimum absolute atomic E-state index is 0.865. The van der Waals surface area contributed by atoms with Gasteiger partial charge in [-0.25, -0.2) is 4.98 Å². The van der Waals surface area contributed by atoms with Crippen LogP contribution in [0.2, 0.25) is 0 Å². The Labute approximate surface area is 342 Å². The molecule has 0 bridgehead atoms. The second-order valence-electron chi connectivity index (χ2n) is 15.4. The Kier molecular flexibility index (Phi) is 6.85. The Morgan fingerprint density at radius 2 is 0.932 bits per heavy atom. The van der Waals surface area contributed by atoms with Crippen LogP contribution in [0.3, 0.4) is 0 Å². The summed E-state index contributed by atoms with van der Waals surface area (Å²) in [5, 5.41) is 11.3. The zero-order valence-corrected chi connectivity index (χ0v) is 32.5. The molecule has 0 fully saturated rings. The van der Waals surface area contributed by atoms with Crippen LogP contribution in [0, 0.1) is 0 Å². The molecule has 0 saturated heterocycles. The molecule has 4 nitrogen and oxygen atoms in total. The summed E-state index contributed by atoms with van der Waals surface area (Å²) in [5.74, 6) is 0. The maximum atomic E-state index is 5.24. The Bertz CT molecular complexity index is 3870. The van der Waals surface area contributed by atoms with E-state index in [4.69, 9.17) is 9.97 Å². The first kappa shape index (κ1) is 32.5. The van der Waals surface area contributed by atoms with Crippen molar-refractivity contribution in [2.75, 3.05) is 0 Å². The molecule has 0 N–H and O–H groups in total. The molecule has 4 aromatic heterocycles. The number of nitrogens with zero attached hydrogens (tertiary/aromatic N) is 4. The fourth-order valence-electron chi connectivity index (χ4n) is 9.52. The number of para-hydroxylation sites is 2. The third-order valence-corrected chi connectivity index (χ3v) is 13.2. The summed E-state index contributed by atoms with van der Waals surface area (Å²) in [7, 11) is 0.